The Bertz CT molecular complexity index is 270. The van der Waals surface area contributed by atoms with Crippen LogP contribution in [-0.4, -0.2) is 31.3 Å². The molecule has 0 bridgehead atoms. The highest BCUT2D eigenvalue weighted by atomic mass is 16.6. The number of hydrogen-bond acceptors (Lipinski definition) is 4. The Morgan fingerprint density at radius 1 is 1.24 bits per heavy atom. The lowest BCUT2D eigenvalue weighted by atomic mass is 9.96. The van der Waals surface area contributed by atoms with Gasteiger partial charge in [0.1, 0.15) is 5.60 Å². The highest BCUT2D eigenvalue weighted by Gasteiger charge is 2.22. The smallest absolute Gasteiger partial charge is 0.407 e. The second kappa shape index (κ2) is 6.47. The largest absolute Gasteiger partial charge is 0.469 e. The molecule has 0 saturated heterocycles. The molecule has 0 aliphatic rings. The monoisotopic (exact) mass is 245 g/mol. The number of carbonyl (C=O) groups is 2. The van der Waals surface area contributed by atoms with E-state index >= 15 is 0 Å². The number of nitrogens with one attached hydrogen (secondary N) is 1. The zero-order valence-electron chi connectivity index (χ0n) is 11.5. The van der Waals surface area contributed by atoms with E-state index in [4.69, 9.17) is 4.74 Å². The van der Waals surface area contributed by atoms with Crippen LogP contribution in [0.15, 0.2) is 0 Å². The van der Waals surface area contributed by atoms with Gasteiger partial charge in [0.25, 0.3) is 0 Å². The van der Waals surface area contributed by atoms with Gasteiger partial charge >= 0.3 is 12.1 Å². The van der Waals surface area contributed by atoms with Crippen molar-refractivity contribution in [3.8, 4) is 0 Å². The first kappa shape index (κ1) is 15.7. The molecule has 0 heterocycles. The van der Waals surface area contributed by atoms with E-state index in [1.54, 1.807) is 27.7 Å². The molecule has 100 valence electrons. The van der Waals surface area contributed by atoms with Crippen LogP contribution in [0.2, 0.25) is 0 Å². The van der Waals surface area contributed by atoms with Gasteiger partial charge in [-0.05, 0) is 26.7 Å². The minimum atomic E-state index is -0.513. The molecule has 5 heteroatoms. The van der Waals surface area contributed by atoms with E-state index in [9.17, 15) is 9.59 Å². The number of methoxy groups -OCH3 is 1. The van der Waals surface area contributed by atoms with E-state index in [0.717, 1.165) is 0 Å². The molecule has 0 aliphatic carbocycles. The molecule has 0 fully saturated rings. The molecule has 0 saturated carbocycles. The number of hydrogen-bond donors (Lipinski definition) is 1. The molecule has 2 atom stereocenters. The van der Waals surface area contributed by atoms with Crippen molar-refractivity contribution in [3.63, 3.8) is 0 Å². The summed E-state index contributed by atoms with van der Waals surface area (Å²) >= 11 is 0. The van der Waals surface area contributed by atoms with E-state index in [0.29, 0.717) is 6.54 Å². The molecule has 0 unspecified atom stereocenters. The molecular weight excluding hydrogens is 222 g/mol. The number of esters is 1. The van der Waals surface area contributed by atoms with Gasteiger partial charge < -0.3 is 14.8 Å². The van der Waals surface area contributed by atoms with Gasteiger partial charge in [0.05, 0.1) is 13.0 Å². The van der Waals surface area contributed by atoms with Crippen molar-refractivity contribution in [1.29, 1.82) is 0 Å². The normalized spacial score (nSPS) is 14.7. The van der Waals surface area contributed by atoms with Crippen molar-refractivity contribution in [1.82, 2.24) is 5.32 Å². The van der Waals surface area contributed by atoms with Crippen LogP contribution in [0.25, 0.3) is 0 Å². The SMILES string of the molecule is COC(=O)[C@@H](C)[C@@H](C)CNC(=O)OC(C)(C)C. The summed E-state index contributed by atoms with van der Waals surface area (Å²) in [6.45, 7) is 9.42. The first-order chi connectivity index (χ1) is 7.67. The third-order valence-corrected chi connectivity index (χ3v) is 2.39. The average Bonchev–Trinajstić information content (AvgIpc) is 2.21. The fourth-order valence-corrected chi connectivity index (χ4v) is 1.15. The van der Waals surface area contributed by atoms with Crippen molar-refractivity contribution in [2.45, 2.75) is 40.2 Å². The predicted octanol–water partition coefficient (Wildman–Crippen LogP) is 1.96. The number of alkyl carbamates (subject to hydrolysis) is 1. The molecule has 0 aromatic heterocycles. The van der Waals surface area contributed by atoms with Crippen molar-refractivity contribution in [2.75, 3.05) is 13.7 Å². The van der Waals surface area contributed by atoms with Gasteiger partial charge in [-0.2, -0.15) is 0 Å². The van der Waals surface area contributed by atoms with Crippen LogP contribution < -0.4 is 5.32 Å². The van der Waals surface area contributed by atoms with Crippen LogP contribution in [0.1, 0.15) is 34.6 Å². The Balaban J connectivity index is 4.04. The standard InChI is InChI=1S/C12H23NO4/c1-8(9(2)10(14)16-6)7-13-11(15)17-12(3,4)5/h8-9H,7H2,1-6H3,(H,13,15)/t8-,9-/m0/s1. The van der Waals surface area contributed by atoms with E-state index < -0.39 is 11.7 Å². The van der Waals surface area contributed by atoms with Crippen LogP contribution in [0.5, 0.6) is 0 Å². The molecule has 0 radical (unpaired) electrons. The highest BCUT2D eigenvalue weighted by Crippen LogP contribution is 2.12. The maximum Gasteiger partial charge on any atom is 0.407 e. The summed E-state index contributed by atoms with van der Waals surface area (Å²) in [5, 5.41) is 2.63. The van der Waals surface area contributed by atoms with Crippen molar-refractivity contribution < 1.29 is 19.1 Å². The predicted molar refractivity (Wildman–Crippen MR) is 64.6 cm³/mol. The summed E-state index contributed by atoms with van der Waals surface area (Å²) in [6, 6.07) is 0. The number of rotatable bonds is 4. The molecule has 5 nitrogen and oxygen atoms in total. The van der Waals surface area contributed by atoms with E-state index in [-0.39, 0.29) is 17.8 Å². The van der Waals surface area contributed by atoms with Gasteiger partial charge in [0.2, 0.25) is 0 Å². The summed E-state index contributed by atoms with van der Waals surface area (Å²) in [5.41, 5.74) is -0.513. The quantitative estimate of drug-likeness (QED) is 0.769. The fourth-order valence-electron chi connectivity index (χ4n) is 1.15. The van der Waals surface area contributed by atoms with Crippen molar-refractivity contribution in [2.24, 2.45) is 11.8 Å². The van der Waals surface area contributed by atoms with Crippen LogP contribution in [-0.2, 0) is 14.3 Å². The Labute approximate surface area is 103 Å². The summed E-state index contributed by atoms with van der Waals surface area (Å²) in [7, 11) is 1.35. The lowest BCUT2D eigenvalue weighted by molar-refractivity contribution is -0.146. The van der Waals surface area contributed by atoms with Gasteiger partial charge in [-0.3, -0.25) is 4.79 Å². The minimum absolute atomic E-state index is 0.00466. The first-order valence-electron chi connectivity index (χ1n) is 5.72. The van der Waals surface area contributed by atoms with Gasteiger partial charge in [0.15, 0.2) is 0 Å². The minimum Gasteiger partial charge on any atom is -0.469 e. The zero-order chi connectivity index (χ0) is 13.6. The third kappa shape index (κ3) is 6.81. The van der Waals surface area contributed by atoms with Gasteiger partial charge in [-0.15, -0.1) is 0 Å². The van der Waals surface area contributed by atoms with Crippen LogP contribution in [0.3, 0.4) is 0 Å². The number of ether oxygens (including phenoxy) is 2. The van der Waals surface area contributed by atoms with Crippen LogP contribution >= 0.6 is 0 Å². The molecule has 1 N–H and O–H groups in total. The number of carbonyl (C=O) groups excluding carboxylic acids is 2. The third-order valence-electron chi connectivity index (χ3n) is 2.39. The summed E-state index contributed by atoms with van der Waals surface area (Å²) in [4.78, 5) is 22.6. The lowest BCUT2D eigenvalue weighted by Gasteiger charge is -2.22. The lowest BCUT2D eigenvalue weighted by Crippen LogP contribution is -2.37. The summed E-state index contributed by atoms with van der Waals surface area (Å²) in [6.07, 6.45) is -0.471. The van der Waals surface area contributed by atoms with E-state index in [1.165, 1.54) is 7.11 Å². The molecule has 0 spiro atoms. The second-order valence-corrected chi connectivity index (χ2v) is 5.17. The summed E-state index contributed by atoms with van der Waals surface area (Å²) < 4.78 is 9.73. The number of amides is 1. The average molecular weight is 245 g/mol. The van der Waals surface area contributed by atoms with E-state index in [1.807, 2.05) is 6.92 Å². The fraction of sp³-hybridized carbons (Fsp3) is 0.833. The molecule has 17 heavy (non-hydrogen) atoms. The van der Waals surface area contributed by atoms with Gasteiger partial charge in [0, 0.05) is 6.54 Å². The highest BCUT2D eigenvalue weighted by molar-refractivity contribution is 5.72. The van der Waals surface area contributed by atoms with Crippen LogP contribution in [0, 0.1) is 11.8 Å². The first-order valence-corrected chi connectivity index (χ1v) is 5.72. The van der Waals surface area contributed by atoms with Crippen molar-refractivity contribution >= 4 is 12.1 Å². The van der Waals surface area contributed by atoms with E-state index in [2.05, 4.69) is 10.1 Å². The summed E-state index contributed by atoms with van der Waals surface area (Å²) in [5.74, 6) is -0.534. The molecule has 1 amide bonds. The zero-order valence-corrected chi connectivity index (χ0v) is 11.5. The molecular formula is C12H23NO4. The molecule has 0 rings (SSSR count). The Hall–Kier alpha value is -1.26. The molecule has 0 aliphatic heterocycles. The van der Waals surface area contributed by atoms with Gasteiger partial charge in [-0.25, -0.2) is 4.79 Å². The topological polar surface area (TPSA) is 64.6 Å². The Kier molecular flexibility index (Phi) is 5.99. The maximum absolute atomic E-state index is 11.4. The molecule has 0 aromatic carbocycles. The van der Waals surface area contributed by atoms with Crippen LogP contribution in [0.4, 0.5) is 4.79 Å². The maximum atomic E-state index is 11.4. The van der Waals surface area contributed by atoms with Gasteiger partial charge in [-0.1, -0.05) is 13.8 Å². The molecule has 0 aromatic rings. The second-order valence-electron chi connectivity index (χ2n) is 5.17. The Morgan fingerprint density at radius 3 is 2.18 bits per heavy atom. The van der Waals surface area contributed by atoms with Crippen molar-refractivity contribution in [3.05, 3.63) is 0 Å². The Morgan fingerprint density at radius 2 is 1.76 bits per heavy atom.